The van der Waals surface area contributed by atoms with Crippen LogP contribution in [0.1, 0.15) is 89.4 Å². The summed E-state index contributed by atoms with van der Waals surface area (Å²) in [6, 6.07) is 10.5. The van der Waals surface area contributed by atoms with Crippen LogP contribution in [-0.4, -0.2) is 106 Å². The monoisotopic (exact) mass is 911 g/mol. The highest BCUT2D eigenvalue weighted by molar-refractivity contribution is 6.30. The summed E-state index contributed by atoms with van der Waals surface area (Å²) in [7, 11) is 1.51. The highest BCUT2D eigenvalue weighted by atomic mass is 35.5. The summed E-state index contributed by atoms with van der Waals surface area (Å²) in [5, 5.41) is 31.4. The zero-order valence-corrected chi connectivity index (χ0v) is 38.5. The number of nitrogens with zero attached hydrogens (tertiary/aromatic N) is 1. The third-order valence-electron chi connectivity index (χ3n) is 12.6. The molecule has 0 saturated carbocycles. The first-order chi connectivity index (χ1) is 30.9. The van der Waals surface area contributed by atoms with Gasteiger partial charge in [0, 0.05) is 60.2 Å². The Morgan fingerprint density at radius 2 is 1.62 bits per heavy atom. The number of benzene rings is 2. The molecule has 0 aromatic heterocycles. The van der Waals surface area contributed by atoms with E-state index in [1.165, 1.54) is 31.9 Å². The number of nitrogens with one attached hydrogen (secondary N) is 3. The van der Waals surface area contributed by atoms with E-state index in [1.54, 1.807) is 56.3 Å². The van der Waals surface area contributed by atoms with Gasteiger partial charge in [0.25, 0.3) is 0 Å². The van der Waals surface area contributed by atoms with Crippen LogP contribution in [-0.2, 0) is 28.8 Å². The third kappa shape index (κ3) is 13.3. The predicted molar refractivity (Wildman–Crippen MR) is 249 cm³/mol. The number of carbonyl (C=O) groups excluding carboxylic acids is 7. The van der Waals surface area contributed by atoms with Gasteiger partial charge in [0.05, 0.1) is 30.8 Å². The van der Waals surface area contributed by atoms with Gasteiger partial charge in [-0.05, 0) is 93.5 Å². The molecular formula is C50H62ClN5O9. The highest BCUT2D eigenvalue weighted by Gasteiger charge is 2.40. The zero-order chi connectivity index (χ0) is 47.5. The van der Waals surface area contributed by atoms with Gasteiger partial charge in [-0.1, -0.05) is 79.6 Å². The summed E-state index contributed by atoms with van der Waals surface area (Å²) in [5.74, 6) is -5.54. The standard InChI is InChI=1S/C50H62ClN5O9/c1-28-22-45(61)47(56(5)50(65)37(8-6-7-21-52)26-44(60)35-12-10-33(11-13-35)34-14-17-38(51)18-15-34)36-16-20-43(59)40(25-36)39-23-32(9-19-42(39)58)24-41(55-48(28)63)49(64)54-30(3)46(62)27-53-29(2)31(4)57/h9-18,20,23,28-30,36-37,41-42,47,53,58-59H,6-8,19,21-22,24-27,52H2,1-5H3,(H,54,64)(H,55,63)/t28-,29+,30+,36+,37-,41+,42?,47+/m1/s1. The molecule has 2 aliphatic carbocycles. The number of aliphatic hydroxyl groups is 2. The number of hydrogen-bond acceptors (Lipinski definition) is 11. The fourth-order valence-corrected chi connectivity index (χ4v) is 8.57. The highest BCUT2D eigenvalue weighted by Crippen LogP contribution is 2.38. The van der Waals surface area contributed by atoms with Crippen LogP contribution in [0.5, 0.6) is 0 Å². The Morgan fingerprint density at radius 1 is 0.954 bits per heavy atom. The molecule has 3 aliphatic rings. The molecule has 8 atom stereocenters. The molecule has 0 fully saturated rings. The number of Topliss-reactive ketones (excluding diaryl/α,β-unsaturated/α-hetero) is 4. The molecule has 2 aromatic rings. The number of aliphatic hydroxyl groups excluding tert-OH is 2. The fraction of sp³-hybridized carbons (Fsp3) is 0.460. The van der Waals surface area contributed by atoms with Crippen molar-refractivity contribution in [1.29, 1.82) is 0 Å². The van der Waals surface area contributed by atoms with E-state index in [0.717, 1.165) is 11.1 Å². The number of nitrogens with two attached hydrogens (primary N) is 1. The van der Waals surface area contributed by atoms with Crippen molar-refractivity contribution in [3.8, 4) is 11.1 Å². The first-order valence-corrected chi connectivity index (χ1v) is 22.7. The lowest BCUT2D eigenvalue weighted by Crippen LogP contribution is -2.54. The van der Waals surface area contributed by atoms with Gasteiger partial charge in [-0.2, -0.15) is 0 Å². The van der Waals surface area contributed by atoms with Gasteiger partial charge < -0.3 is 36.8 Å². The largest absolute Gasteiger partial charge is 0.508 e. The lowest BCUT2D eigenvalue weighted by Gasteiger charge is -2.37. The molecule has 2 aromatic carbocycles. The van der Waals surface area contributed by atoms with Gasteiger partial charge in [0.15, 0.2) is 17.3 Å². The van der Waals surface area contributed by atoms with E-state index in [0.29, 0.717) is 53.1 Å². The van der Waals surface area contributed by atoms with Gasteiger partial charge in [-0.3, -0.25) is 33.6 Å². The van der Waals surface area contributed by atoms with Crippen molar-refractivity contribution in [3.05, 3.63) is 106 Å². The number of rotatable bonds is 17. The van der Waals surface area contributed by atoms with Crippen molar-refractivity contribution >= 4 is 52.5 Å². The Morgan fingerprint density at radius 3 is 2.26 bits per heavy atom. The maximum absolute atomic E-state index is 14.7. The van der Waals surface area contributed by atoms with Crippen molar-refractivity contribution in [2.75, 3.05) is 20.1 Å². The second-order valence-corrected chi connectivity index (χ2v) is 18.0. The molecule has 4 bridgehead atoms. The van der Waals surface area contributed by atoms with E-state index in [9.17, 15) is 43.8 Å². The van der Waals surface area contributed by atoms with Crippen LogP contribution in [0.15, 0.2) is 95.3 Å². The van der Waals surface area contributed by atoms with E-state index in [2.05, 4.69) is 16.0 Å². The SMILES string of the molecule is CC(=O)[C@H](C)NCC(=O)[C@H](C)NC(=O)[C@@H]1CC2=CCC(O)C(=C2)C2=C(O)C=C[C@@H](C2)[C@H](N(C)C(=O)[C@H](CCCCN)CC(=O)c2ccc(-c3ccc(Cl)cc3)cc2)C(=O)C[C@@H](C)C(=O)N1. The van der Waals surface area contributed by atoms with Crippen molar-refractivity contribution in [2.24, 2.45) is 23.5 Å². The smallest absolute Gasteiger partial charge is 0.243 e. The molecule has 3 amide bonds. The maximum atomic E-state index is 14.7. The number of likely N-dealkylation sites (N-methyl/N-ethyl adjacent to an activating group) is 1. The third-order valence-corrected chi connectivity index (χ3v) is 12.9. The number of allylic oxidation sites excluding steroid dienone is 2. The number of carbonyl (C=O) groups is 7. The van der Waals surface area contributed by atoms with Gasteiger partial charge in [-0.15, -0.1) is 0 Å². The summed E-state index contributed by atoms with van der Waals surface area (Å²) >= 11 is 6.06. The van der Waals surface area contributed by atoms with E-state index in [4.69, 9.17) is 17.3 Å². The molecule has 0 spiro atoms. The molecule has 14 nitrogen and oxygen atoms in total. The summed E-state index contributed by atoms with van der Waals surface area (Å²) in [6.07, 6.45) is 6.67. The lowest BCUT2D eigenvalue weighted by atomic mass is 9.77. The van der Waals surface area contributed by atoms with Crippen molar-refractivity contribution < 1.29 is 43.8 Å². The maximum Gasteiger partial charge on any atom is 0.243 e. The minimum Gasteiger partial charge on any atom is -0.508 e. The fourth-order valence-electron chi connectivity index (χ4n) is 8.45. The predicted octanol–water partition coefficient (Wildman–Crippen LogP) is 5.28. The Labute approximate surface area is 385 Å². The van der Waals surface area contributed by atoms with Crippen molar-refractivity contribution in [3.63, 3.8) is 0 Å². The molecule has 0 radical (unpaired) electrons. The van der Waals surface area contributed by atoms with Gasteiger partial charge in [0.1, 0.15) is 17.6 Å². The van der Waals surface area contributed by atoms with Crippen LogP contribution >= 0.6 is 11.6 Å². The van der Waals surface area contributed by atoms with Crippen LogP contribution < -0.4 is 21.7 Å². The van der Waals surface area contributed by atoms with Gasteiger partial charge >= 0.3 is 0 Å². The molecular weight excluding hydrogens is 850 g/mol. The van der Waals surface area contributed by atoms with Gasteiger partial charge in [-0.25, -0.2) is 0 Å². The first-order valence-electron chi connectivity index (χ1n) is 22.3. The minimum atomic E-state index is -1.21. The van der Waals surface area contributed by atoms with E-state index >= 15 is 0 Å². The molecule has 65 heavy (non-hydrogen) atoms. The zero-order valence-electron chi connectivity index (χ0n) is 37.8. The Hall–Kier alpha value is -5.54. The van der Waals surface area contributed by atoms with E-state index < -0.39 is 71.5 Å². The van der Waals surface area contributed by atoms with Crippen LogP contribution in [0.25, 0.3) is 11.1 Å². The Kier molecular flexibility index (Phi) is 17.9. The molecule has 7 N–H and O–H groups in total. The van der Waals surface area contributed by atoms with Crippen LogP contribution in [0.3, 0.4) is 0 Å². The molecule has 1 heterocycles. The van der Waals surface area contributed by atoms with Gasteiger partial charge in [0.2, 0.25) is 17.7 Å². The summed E-state index contributed by atoms with van der Waals surface area (Å²) in [4.78, 5) is 96.9. The first kappa shape index (κ1) is 50.5. The van der Waals surface area contributed by atoms with Crippen LogP contribution in [0, 0.1) is 17.8 Å². The van der Waals surface area contributed by atoms with Crippen molar-refractivity contribution in [2.45, 2.75) is 109 Å². The number of ketones is 4. The number of unbranched alkanes of at least 4 members (excludes halogenated alkanes) is 1. The molecule has 15 heteroatoms. The molecule has 1 unspecified atom stereocenters. The number of halogens is 1. The summed E-state index contributed by atoms with van der Waals surface area (Å²) in [5.41, 5.74) is 9.38. The average Bonchev–Trinajstić information content (AvgIpc) is 3.28. The van der Waals surface area contributed by atoms with Crippen LogP contribution in [0.2, 0.25) is 5.02 Å². The summed E-state index contributed by atoms with van der Waals surface area (Å²) < 4.78 is 0. The minimum absolute atomic E-state index is 0.0288. The summed E-state index contributed by atoms with van der Waals surface area (Å²) in [6.45, 7) is 6.29. The van der Waals surface area contributed by atoms with E-state index in [-0.39, 0.29) is 61.8 Å². The molecule has 348 valence electrons. The van der Waals surface area contributed by atoms with Crippen molar-refractivity contribution in [1.82, 2.24) is 20.9 Å². The Balaban J connectivity index is 1.42. The number of hydrogen-bond donors (Lipinski definition) is 6. The topological polar surface area (TPSA) is 225 Å². The average molecular weight is 913 g/mol. The number of fused-ring (bicyclic) bond motifs is 4. The Bertz CT molecular complexity index is 2250. The second-order valence-electron chi connectivity index (χ2n) is 17.6. The number of amides is 3. The molecule has 5 rings (SSSR count). The lowest BCUT2D eigenvalue weighted by molar-refractivity contribution is -0.143. The molecule has 1 aliphatic heterocycles. The molecule has 0 saturated heterocycles. The van der Waals surface area contributed by atoms with Crippen LogP contribution in [0.4, 0.5) is 0 Å². The quantitative estimate of drug-likeness (QED) is 0.0885. The normalized spacial score (nSPS) is 22.6. The van der Waals surface area contributed by atoms with E-state index in [1.807, 2.05) is 24.3 Å². The second kappa shape index (κ2) is 23.1.